The van der Waals surface area contributed by atoms with Crippen molar-refractivity contribution in [1.29, 1.82) is 0 Å². The lowest BCUT2D eigenvalue weighted by molar-refractivity contribution is -0.113. The zero-order valence-electron chi connectivity index (χ0n) is 13.9. The summed E-state index contributed by atoms with van der Waals surface area (Å²) in [6, 6.07) is 13.0. The molecule has 1 amide bonds. The number of thioether (sulfide) groups is 1. The fourth-order valence-electron chi connectivity index (χ4n) is 2.41. The van der Waals surface area contributed by atoms with Crippen molar-refractivity contribution in [1.82, 2.24) is 9.97 Å². The Labute approximate surface area is 155 Å². The molecule has 1 heterocycles. The SMILES string of the molecule is COc1ccc(Cl)cc1NC(=O)CS[C@H](C)c1nc2ccccc2[nH]1. The van der Waals surface area contributed by atoms with Crippen molar-refractivity contribution in [2.75, 3.05) is 18.2 Å². The number of fused-ring (bicyclic) bond motifs is 1. The van der Waals surface area contributed by atoms with Crippen LogP contribution < -0.4 is 10.1 Å². The summed E-state index contributed by atoms with van der Waals surface area (Å²) in [7, 11) is 1.55. The molecule has 0 aliphatic rings. The van der Waals surface area contributed by atoms with Crippen LogP contribution in [0.3, 0.4) is 0 Å². The van der Waals surface area contributed by atoms with Gasteiger partial charge in [-0.1, -0.05) is 23.7 Å². The maximum atomic E-state index is 12.2. The summed E-state index contributed by atoms with van der Waals surface area (Å²) >= 11 is 7.49. The van der Waals surface area contributed by atoms with Crippen LogP contribution in [0.5, 0.6) is 5.75 Å². The highest BCUT2D eigenvalue weighted by atomic mass is 35.5. The van der Waals surface area contributed by atoms with E-state index in [1.165, 1.54) is 11.8 Å². The van der Waals surface area contributed by atoms with Crippen molar-refractivity contribution in [2.24, 2.45) is 0 Å². The number of anilines is 1. The van der Waals surface area contributed by atoms with Crippen LogP contribution in [0.1, 0.15) is 18.0 Å². The quantitative estimate of drug-likeness (QED) is 0.657. The lowest BCUT2D eigenvalue weighted by Gasteiger charge is -2.12. The number of hydrogen-bond donors (Lipinski definition) is 2. The lowest BCUT2D eigenvalue weighted by Crippen LogP contribution is -2.15. The zero-order chi connectivity index (χ0) is 17.8. The highest BCUT2D eigenvalue weighted by Gasteiger charge is 2.14. The summed E-state index contributed by atoms with van der Waals surface area (Å²) in [6.07, 6.45) is 0. The molecule has 5 nitrogen and oxygen atoms in total. The van der Waals surface area contributed by atoms with Crippen LogP contribution in [0, 0.1) is 0 Å². The van der Waals surface area contributed by atoms with Crippen LogP contribution in [0.2, 0.25) is 5.02 Å². The molecule has 130 valence electrons. The number of ether oxygens (including phenoxy) is 1. The molecule has 2 aromatic carbocycles. The number of methoxy groups -OCH3 is 1. The normalized spacial score (nSPS) is 12.1. The topological polar surface area (TPSA) is 67.0 Å². The van der Waals surface area contributed by atoms with Crippen LogP contribution in [-0.4, -0.2) is 28.7 Å². The van der Waals surface area contributed by atoms with E-state index >= 15 is 0 Å². The van der Waals surface area contributed by atoms with E-state index in [1.54, 1.807) is 25.3 Å². The van der Waals surface area contributed by atoms with Gasteiger partial charge in [-0.3, -0.25) is 4.79 Å². The standard InChI is InChI=1S/C18H18ClN3O2S/c1-11(18-21-13-5-3-4-6-14(13)22-18)25-10-17(23)20-15-9-12(19)7-8-16(15)24-2/h3-9,11H,10H2,1-2H3,(H,20,23)(H,21,22)/t11-/m1/s1. The van der Waals surface area contributed by atoms with Crippen molar-refractivity contribution in [2.45, 2.75) is 12.2 Å². The van der Waals surface area contributed by atoms with Gasteiger partial charge in [0.15, 0.2) is 0 Å². The van der Waals surface area contributed by atoms with E-state index in [1.807, 2.05) is 31.2 Å². The number of carbonyl (C=O) groups is 1. The van der Waals surface area contributed by atoms with Gasteiger partial charge >= 0.3 is 0 Å². The average Bonchev–Trinajstić information content (AvgIpc) is 3.04. The van der Waals surface area contributed by atoms with Gasteiger partial charge in [0, 0.05) is 5.02 Å². The van der Waals surface area contributed by atoms with E-state index in [-0.39, 0.29) is 11.2 Å². The van der Waals surface area contributed by atoms with E-state index in [9.17, 15) is 4.79 Å². The Bertz CT molecular complexity index is 864. The number of para-hydroxylation sites is 2. The van der Waals surface area contributed by atoms with Crippen LogP contribution >= 0.6 is 23.4 Å². The minimum Gasteiger partial charge on any atom is -0.495 e. The molecule has 0 aliphatic heterocycles. The highest BCUT2D eigenvalue weighted by Crippen LogP contribution is 2.30. The average molecular weight is 376 g/mol. The second-order valence-electron chi connectivity index (χ2n) is 5.49. The molecule has 0 unspecified atom stereocenters. The Morgan fingerprint density at radius 3 is 2.92 bits per heavy atom. The fourth-order valence-corrected chi connectivity index (χ4v) is 3.32. The van der Waals surface area contributed by atoms with E-state index in [2.05, 4.69) is 15.3 Å². The van der Waals surface area contributed by atoms with Gasteiger partial charge in [-0.05, 0) is 37.3 Å². The number of hydrogen-bond acceptors (Lipinski definition) is 4. The summed E-state index contributed by atoms with van der Waals surface area (Å²) in [5.41, 5.74) is 2.49. The number of nitrogens with one attached hydrogen (secondary N) is 2. The number of amides is 1. The molecule has 0 saturated carbocycles. The molecule has 0 aliphatic carbocycles. The first-order chi connectivity index (χ1) is 12.1. The lowest BCUT2D eigenvalue weighted by atomic mass is 10.3. The molecule has 0 fully saturated rings. The number of halogens is 1. The minimum absolute atomic E-state index is 0.0689. The maximum absolute atomic E-state index is 12.2. The number of benzene rings is 2. The van der Waals surface area contributed by atoms with Crippen LogP contribution in [-0.2, 0) is 4.79 Å². The van der Waals surface area contributed by atoms with Gasteiger partial charge in [0.25, 0.3) is 0 Å². The van der Waals surface area contributed by atoms with Crippen molar-refractivity contribution in [3.63, 3.8) is 0 Å². The summed E-state index contributed by atoms with van der Waals surface area (Å²) in [5.74, 6) is 1.62. The van der Waals surface area contributed by atoms with Crippen LogP contribution in [0.4, 0.5) is 5.69 Å². The van der Waals surface area contributed by atoms with Gasteiger partial charge in [-0.15, -0.1) is 11.8 Å². The van der Waals surface area contributed by atoms with Crippen molar-refractivity contribution in [3.05, 3.63) is 53.3 Å². The van der Waals surface area contributed by atoms with E-state index in [4.69, 9.17) is 16.3 Å². The molecule has 0 radical (unpaired) electrons. The Kier molecular flexibility index (Phi) is 5.50. The number of imidazole rings is 1. The van der Waals surface area contributed by atoms with Gasteiger partial charge in [0.1, 0.15) is 11.6 Å². The van der Waals surface area contributed by atoms with Gasteiger partial charge in [0.05, 0.1) is 34.8 Å². The van der Waals surface area contributed by atoms with Gasteiger partial charge in [0.2, 0.25) is 5.91 Å². The second-order valence-corrected chi connectivity index (χ2v) is 7.25. The number of carbonyl (C=O) groups excluding carboxylic acids is 1. The van der Waals surface area contributed by atoms with Crippen LogP contribution in [0.25, 0.3) is 11.0 Å². The Morgan fingerprint density at radius 1 is 1.36 bits per heavy atom. The van der Waals surface area contributed by atoms with E-state index in [0.717, 1.165) is 16.9 Å². The monoisotopic (exact) mass is 375 g/mol. The zero-order valence-corrected chi connectivity index (χ0v) is 15.4. The van der Waals surface area contributed by atoms with Crippen LogP contribution in [0.15, 0.2) is 42.5 Å². The number of aromatic amines is 1. The third kappa shape index (κ3) is 4.27. The third-order valence-electron chi connectivity index (χ3n) is 3.69. The van der Waals surface area contributed by atoms with E-state index in [0.29, 0.717) is 22.2 Å². The number of rotatable bonds is 6. The predicted molar refractivity (Wildman–Crippen MR) is 104 cm³/mol. The first kappa shape index (κ1) is 17.6. The summed E-state index contributed by atoms with van der Waals surface area (Å²) in [4.78, 5) is 20.1. The summed E-state index contributed by atoms with van der Waals surface area (Å²) in [5, 5.41) is 3.45. The Balaban J connectivity index is 1.61. The fraction of sp³-hybridized carbons (Fsp3) is 0.222. The predicted octanol–water partition coefficient (Wildman–Crippen LogP) is 4.66. The molecule has 1 aromatic heterocycles. The molecule has 3 aromatic rings. The van der Waals surface area contributed by atoms with Gasteiger partial charge < -0.3 is 15.0 Å². The van der Waals surface area contributed by atoms with Gasteiger partial charge in [-0.25, -0.2) is 4.98 Å². The van der Waals surface area contributed by atoms with Gasteiger partial charge in [-0.2, -0.15) is 0 Å². The third-order valence-corrected chi connectivity index (χ3v) is 5.08. The van der Waals surface area contributed by atoms with Crippen molar-refractivity contribution < 1.29 is 9.53 Å². The molecule has 0 spiro atoms. The number of nitrogens with zero attached hydrogens (tertiary/aromatic N) is 1. The molecule has 25 heavy (non-hydrogen) atoms. The Morgan fingerprint density at radius 2 is 2.16 bits per heavy atom. The Hall–Kier alpha value is -2.18. The molecule has 2 N–H and O–H groups in total. The molecule has 7 heteroatoms. The smallest absolute Gasteiger partial charge is 0.234 e. The minimum atomic E-state index is -0.117. The molecular weight excluding hydrogens is 358 g/mol. The van der Waals surface area contributed by atoms with Crippen molar-refractivity contribution >= 4 is 46.0 Å². The largest absolute Gasteiger partial charge is 0.495 e. The summed E-state index contributed by atoms with van der Waals surface area (Å²) < 4.78 is 5.23. The molecule has 0 saturated heterocycles. The first-order valence-electron chi connectivity index (χ1n) is 7.76. The van der Waals surface area contributed by atoms with Crippen molar-refractivity contribution in [3.8, 4) is 5.75 Å². The molecule has 0 bridgehead atoms. The molecule has 1 atom stereocenters. The number of H-pyrrole nitrogens is 1. The summed E-state index contributed by atoms with van der Waals surface area (Å²) in [6.45, 7) is 2.02. The number of aromatic nitrogens is 2. The molecule has 3 rings (SSSR count). The van der Waals surface area contributed by atoms with E-state index < -0.39 is 0 Å². The molecular formula is C18H18ClN3O2S. The first-order valence-corrected chi connectivity index (χ1v) is 9.19. The highest BCUT2D eigenvalue weighted by molar-refractivity contribution is 8.00. The maximum Gasteiger partial charge on any atom is 0.234 e. The second kappa shape index (κ2) is 7.80.